The number of hydrogen-bond donors (Lipinski definition) is 2. The Balaban J connectivity index is 2.03. The molecule has 0 saturated heterocycles. The number of carbonyl (C=O) groups excluding carboxylic acids is 1. The van der Waals surface area contributed by atoms with Gasteiger partial charge >= 0.3 is 5.97 Å². The van der Waals surface area contributed by atoms with Crippen LogP contribution in [0, 0.1) is 13.8 Å². The summed E-state index contributed by atoms with van der Waals surface area (Å²) in [6, 6.07) is 9.09. The maximum atomic E-state index is 13.0. The number of carboxylic acids is 1. The van der Waals surface area contributed by atoms with Crippen molar-refractivity contribution < 1.29 is 14.7 Å². The molecule has 0 bridgehead atoms. The molecule has 1 aliphatic heterocycles. The smallest absolute Gasteiger partial charge is 0.303 e. The molecule has 0 aliphatic carbocycles. The van der Waals surface area contributed by atoms with Crippen LogP contribution in [0.5, 0.6) is 0 Å². The summed E-state index contributed by atoms with van der Waals surface area (Å²) >= 11 is 0. The van der Waals surface area contributed by atoms with Crippen molar-refractivity contribution in [3.05, 3.63) is 63.1 Å². The second-order valence-corrected chi connectivity index (χ2v) is 6.44. The van der Waals surface area contributed by atoms with Gasteiger partial charge in [0.25, 0.3) is 11.5 Å². The van der Waals surface area contributed by atoms with Crippen molar-refractivity contribution in [3.63, 3.8) is 0 Å². The second kappa shape index (κ2) is 6.55. The monoisotopic (exact) mass is 340 g/mol. The van der Waals surface area contributed by atoms with Crippen LogP contribution in [-0.2, 0) is 4.79 Å². The van der Waals surface area contributed by atoms with Gasteiger partial charge < -0.3 is 15.0 Å². The number of aromatic nitrogens is 1. The number of carboxylic acid groups (broad SMARTS) is 1. The Morgan fingerprint density at radius 1 is 1.28 bits per heavy atom. The summed E-state index contributed by atoms with van der Waals surface area (Å²) in [4.78, 5) is 40.7. The predicted octanol–water partition coefficient (Wildman–Crippen LogP) is 2.60. The summed E-state index contributed by atoms with van der Waals surface area (Å²) in [5.41, 5.74) is 2.61. The van der Waals surface area contributed by atoms with Gasteiger partial charge in [0.15, 0.2) is 0 Å². The van der Waals surface area contributed by atoms with Crippen LogP contribution in [0.3, 0.4) is 0 Å². The maximum absolute atomic E-state index is 13.0. The zero-order chi connectivity index (χ0) is 18.1. The van der Waals surface area contributed by atoms with Crippen LogP contribution in [0.1, 0.15) is 45.9 Å². The summed E-state index contributed by atoms with van der Waals surface area (Å²) in [5.74, 6) is -1.33. The molecule has 1 unspecified atom stereocenters. The van der Waals surface area contributed by atoms with E-state index >= 15 is 0 Å². The lowest BCUT2D eigenvalue weighted by molar-refractivity contribution is -0.137. The van der Waals surface area contributed by atoms with Crippen molar-refractivity contribution in [2.24, 2.45) is 0 Å². The van der Waals surface area contributed by atoms with Gasteiger partial charge in [-0.2, -0.15) is 0 Å². The van der Waals surface area contributed by atoms with Crippen molar-refractivity contribution >= 4 is 17.6 Å². The van der Waals surface area contributed by atoms with E-state index in [1.807, 2.05) is 18.2 Å². The Bertz CT molecular complexity index is 901. The maximum Gasteiger partial charge on any atom is 0.303 e. The molecule has 1 atom stereocenters. The zero-order valence-electron chi connectivity index (χ0n) is 14.2. The number of nitrogens with zero attached hydrogens (tertiary/aromatic N) is 1. The van der Waals surface area contributed by atoms with Gasteiger partial charge in [-0.15, -0.1) is 0 Å². The number of aromatic amines is 1. The summed E-state index contributed by atoms with van der Waals surface area (Å²) < 4.78 is 0. The number of para-hydroxylation sites is 1. The lowest BCUT2D eigenvalue weighted by Gasteiger charge is -2.34. The lowest BCUT2D eigenvalue weighted by Crippen LogP contribution is -2.40. The molecular formula is C19H20N2O4. The van der Waals surface area contributed by atoms with Gasteiger partial charge in [0.2, 0.25) is 0 Å². The van der Waals surface area contributed by atoms with Crippen LogP contribution < -0.4 is 10.5 Å². The molecule has 6 nitrogen and oxygen atoms in total. The number of hydrogen-bond acceptors (Lipinski definition) is 3. The highest BCUT2D eigenvalue weighted by Crippen LogP contribution is 2.37. The Morgan fingerprint density at radius 3 is 2.68 bits per heavy atom. The van der Waals surface area contributed by atoms with E-state index in [1.54, 1.807) is 30.9 Å². The van der Waals surface area contributed by atoms with Crippen LogP contribution in [0.4, 0.5) is 5.69 Å². The highest BCUT2D eigenvalue weighted by Gasteiger charge is 2.31. The van der Waals surface area contributed by atoms with E-state index in [9.17, 15) is 14.4 Å². The average molecular weight is 340 g/mol. The number of pyridine rings is 1. The summed E-state index contributed by atoms with van der Waals surface area (Å²) in [5, 5.41) is 9.12. The third-order valence-electron chi connectivity index (χ3n) is 4.61. The molecular weight excluding hydrogens is 320 g/mol. The molecule has 1 aromatic heterocycles. The number of nitrogens with one attached hydrogen (secondary N) is 1. The largest absolute Gasteiger partial charge is 0.481 e. The number of amides is 1. The van der Waals surface area contributed by atoms with Crippen molar-refractivity contribution in [2.45, 2.75) is 32.6 Å². The molecule has 25 heavy (non-hydrogen) atoms. The first-order valence-corrected chi connectivity index (χ1v) is 8.21. The van der Waals surface area contributed by atoms with E-state index in [-0.39, 0.29) is 23.8 Å². The summed E-state index contributed by atoms with van der Waals surface area (Å²) in [6.45, 7) is 3.91. The number of benzene rings is 1. The standard InChI is InChI=1S/C19H20N2O4/c1-11-9-12(2)20-18(24)17(11)19(25)21-8-7-13(10-16(22)23)14-5-3-4-6-15(14)21/h3-6,9,13H,7-8,10H2,1-2H3,(H,20,24)(H,22,23). The predicted molar refractivity (Wildman–Crippen MR) is 94.3 cm³/mol. The number of anilines is 1. The quantitative estimate of drug-likeness (QED) is 0.898. The molecule has 2 aromatic rings. The number of aliphatic carboxylic acids is 1. The molecule has 2 heterocycles. The molecule has 1 amide bonds. The van der Waals surface area contributed by atoms with Gasteiger partial charge in [-0.25, -0.2) is 0 Å². The first kappa shape index (κ1) is 17.0. The molecule has 0 radical (unpaired) electrons. The normalized spacial score (nSPS) is 16.4. The van der Waals surface area contributed by atoms with Crippen molar-refractivity contribution in [2.75, 3.05) is 11.4 Å². The molecule has 3 rings (SSSR count). The average Bonchev–Trinajstić information content (AvgIpc) is 2.53. The van der Waals surface area contributed by atoms with E-state index in [2.05, 4.69) is 4.98 Å². The van der Waals surface area contributed by atoms with Gasteiger partial charge in [-0.1, -0.05) is 18.2 Å². The highest BCUT2D eigenvalue weighted by atomic mass is 16.4. The van der Waals surface area contributed by atoms with Crippen LogP contribution in [0.2, 0.25) is 0 Å². The number of aryl methyl sites for hydroxylation is 2. The first-order chi connectivity index (χ1) is 11.9. The minimum atomic E-state index is -0.856. The molecule has 1 aromatic carbocycles. The lowest BCUT2D eigenvalue weighted by atomic mass is 9.87. The molecule has 2 N–H and O–H groups in total. The molecule has 0 spiro atoms. The zero-order valence-corrected chi connectivity index (χ0v) is 14.2. The van der Waals surface area contributed by atoms with Crippen molar-refractivity contribution in [3.8, 4) is 0 Å². The van der Waals surface area contributed by atoms with Crippen molar-refractivity contribution in [1.82, 2.24) is 4.98 Å². The van der Waals surface area contributed by atoms with Gasteiger partial charge in [-0.3, -0.25) is 14.4 Å². The Labute approximate surface area is 145 Å². The van der Waals surface area contributed by atoms with E-state index in [0.29, 0.717) is 29.9 Å². The minimum absolute atomic E-state index is 0.0309. The summed E-state index contributed by atoms with van der Waals surface area (Å²) in [7, 11) is 0. The Hall–Kier alpha value is -2.89. The topological polar surface area (TPSA) is 90.5 Å². The molecule has 6 heteroatoms. The van der Waals surface area contributed by atoms with Crippen LogP contribution >= 0.6 is 0 Å². The number of rotatable bonds is 3. The van der Waals surface area contributed by atoms with Gasteiger partial charge in [0, 0.05) is 17.9 Å². The van der Waals surface area contributed by atoms with Gasteiger partial charge in [0.1, 0.15) is 5.56 Å². The SMILES string of the molecule is Cc1cc(C)c(C(=O)N2CCC(CC(=O)O)c3ccccc32)c(=O)[nH]1. The molecule has 130 valence electrons. The Morgan fingerprint density at radius 2 is 2.00 bits per heavy atom. The second-order valence-electron chi connectivity index (χ2n) is 6.44. The third-order valence-corrected chi connectivity index (χ3v) is 4.61. The molecule has 1 aliphatic rings. The van der Waals surface area contributed by atoms with Gasteiger partial charge in [0.05, 0.1) is 6.42 Å². The fourth-order valence-electron chi connectivity index (χ4n) is 3.53. The molecule has 0 saturated carbocycles. The van der Waals surface area contributed by atoms with E-state index in [4.69, 9.17) is 5.11 Å². The first-order valence-electron chi connectivity index (χ1n) is 8.21. The summed E-state index contributed by atoms with van der Waals surface area (Å²) in [6.07, 6.45) is 0.584. The van der Waals surface area contributed by atoms with Crippen LogP contribution in [-0.4, -0.2) is 28.5 Å². The fourth-order valence-corrected chi connectivity index (χ4v) is 3.53. The van der Waals surface area contributed by atoms with E-state index < -0.39 is 11.5 Å². The van der Waals surface area contributed by atoms with E-state index in [0.717, 1.165) is 5.56 Å². The van der Waals surface area contributed by atoms with Crippen LogP contribution in [0.25, 0.3) is 0 Å². The number of H-pyrrole nitrogens is 1. The highest BCUT2D eigenvalue weighted by molar-refractivity contribution is 6.07. The third kappa shape index (κ3) is 3.20. The van der Waals surface area contributed by atoms with E-state index in [1.165, 1.54) is 0 Å². The Kier molecular flexibility index (Phi) is 4.44. The number of fused-ring (bicyclic) bond motifs is 1. The minimum Gasteiger partial charge on any atom is -0.481 e. The van der Waals surface area contributed by atoms with Crippen LogP contribution in [0.15, 0.2) is 35.1 Å². The van der Waals surface area contributed by atoms with Crippen molar-refractivity contribution in [1.29, 1.82) is 0 Å². The number of carbonyl (C=O) groups is 2. The van der Waals surface area contributed by atoms with Gasteiger partial charge in [-0.05, 0) is 49.4 Å². The fraction of sp³-hybridized carbons (Fsp3) is 0.316. The molecule has 0 fully saturated rings.